The minimum Gasteiger partial charge on any atom is -0.392 e. The summed E-state index contributed by atoms with van der Waals surface area (Å²) in [6.07, 6.45) is 1.53. The summed E-state index contributed by atoms with van der Waals surface area (Å²) in [6, 6.07) is 8.20. The van der Waals surface area contributed by atoms with Gasteiger partial charge in [0, 0.05) is 45.0 Å². The van der Waals surface area contributed by atoms with Gasteiger partial charge < -0.3 is 10.0 Å². The maximum atomic E-state index is 12.6. The molecular weight excluding hydrogens is 290 g/mol. The van der Waals surface area contributed by atoms with Crippen LogP contribution in [0.15, 0.2) is 24.3 Å². The number of rotatable bonds is 5. The molecule has 1 aromatic rings. The molecule has 1 N–H and O–H groups in total. The molecule has 2 aliphatic heterocycles. The molecule has 23 heavy (non-hydrogen) atoms. The topological polar surface area (TPSA) is 47.0 Å². The summed E-state index contributed by atoms with van der Waals surface area (Å²) in [5.41, 5.74) is 2.36. The van der Waals surface area contributed by atoms with Gasteiger partial charge in [0.25, 0.3) is 0 Å². The molecule has 0 bridgehead atoms. The van der Waals surface area contributed by atoms with Crippen LogP contribution in [-0.2, 0) is 11.2 Å². The van der Waals surface area contributed by atoms with Gasteiger partial charge in [-0.1, -0.05) is 25.1 Å². The molecule has 1 saturated heterocycles. The minimum absolute atomic E-state index is 0.206. The number of amides is 1. The maximum Gasteiger partial charge on any atom is 0.241 e. The van der Waals surface area contributed by atoms with E-state index >= 15 is 0 Å². The Kier molecular flexibility index (Phi) is 5.30. The molecule has 126 valence electrons. The molecule has 0 aromatic heterocycles. The van der Waals surface area contributed by atoms with Gasteiger partial charge in [0.15, 0.2) is 0 Å². The van der Waals surface area contributed by atoms with E-state index in [4.69, 9.17) is 0 Å². The van der Waals surface area contributed by atoms with Crippen molar-refractivity contribution in [1.82, 2.24) is 9.80 Å². The maximum absolute atomic E-state index is 12.6. The largest absolute Gasteiger partial charge is 0.392 e. The van der Waals surface area contributed by atoms with Crippen molar-refractivity contribution < 1.29 is 9.90 Å². The van der Waals surface area contributed by atoms with Crippen LogP contribution in [0.3, 0.4) is 0 Å². The van der Waals surface area contributed by atoms with Gasteiger partial charge in [-0.15, -0.1) is 0 Å². The number of nitrogens with zero attached hydrogens (tertiary/aromatic N) is 3. The average molecular weight is 317 g/mol. The first-order valence-corrected chi connectivity index (χ1v) is 8.68. The van der Waals surface area contributed by atoms with E-state index < -0.39 is 0 Å². The van der Waals surface area contributed by atoms with E-state index in [1.54, 1.807) is 0 Å². The summed E-state index contributed by atoms with van der Waals surface area (Å²) in [5, 5.41) is 9.74. The normalized spacial score (nSPS) is 20.5. The van der Waals surface area contributed by atoms with Crippen LogP contribution in [0.5, 0.6) is 0 Å². The van der Waals surface area contributed by atoms with Gasteiger partial charge in [-0.25, -0.2) is 0 Å². The highest BCUT2D eigenvalue weighted by Gasteiger charge is 2.27. The Morgan fingerprint density at radius 2 is 1.83 bits per heavy atom. The molecular formula is C18H27N3O2. The van der Waals surface area contributed by atoms with Gasteiger partial charge in [-0.3, -0.25) is 14.6 Å². The van der Waals surface area contributed by atoms with Crippen molar-refractivity contribution in [3.8, 4) is 0 Å². The predicted molar refractivity (Wildman–Crippen MR) is 91.7 cm³/mol. The molecule has 1 atom stereocenters. The lowest BCUT2D eigenvalue weighted by atomic mass is 10.2. The summed E-state index contributed by atoms with van der Waals surface area (Å²) in [4.78, 5) is 19.1. The van der Waals surface area contributed by atoms with E-state index in [1.807, 2.05) is 30.0 Å². The molecule has 3 rings (SSSR count). The average Bonchev–Trinajstić information content (AvgIpc) is 3.00. The van der Waals surface area contributed by atoms with Crippen LogP contribution in [0.1, 0.15) is 18.9 Å². The number of hydrogen-bond acceptors (Lipinski definition) is 4. The van der Waals surface area contributed by atoms with E-state index in [1.165, 1.54) is 5.56 Å². The van der Waals surface area contributed by atoms with Crippen LogP contribution >= 0.6 is 0 Å². The molecule has 0 radical (unpaired) electrons. The fraction of sp³-hybridized carbons (Fsp3) is 0.611. The molecule has 0 spiro atoms. The van der Waals surface area contributed by atoms with Crippen molar-refractivity contribution in [2.75, 3.05) is 50.7 Å². The highest BCUT2D eigenvalue weighted by molar-refractivity contribution is 5.96. The summed E-state index contributed by atoms with van der Waals surface area (Å²) in [5.74, 6) is 0.206. The van der Waals surface area contributed by atoms with Gasteiger partial charge in [0.05, 0.1) is 12.6 Å². The molecule has 5 heteroatoms. The molecule has 0 saturated carbocycles. The third-order valence-corrected chi connectivity index (χ3v) is 4.95. The lowest BCUT2D eigenvalue weighted by molar-refractivity contribution is -0.120. The Hall–Kier alpha value is -1.43. The van der Waals surface area contributed by atoms with Crippen LogP contribution in [0.4, 0.5) is 5.69 Å². The quantitative estimate of drug-likeness (QED) is 0.879. The number of β-amino-alcohol motifs (C(OH)–C–C–N with tert-alkyl or cyclic N) is 1. The van der Waals surface area contributed by atoms with E-state index in [2.05, 4.69) is 15.9 Å². The molecule has 1 unspecified atom stereocenters. The number of anilines is 1. The second-order valence-electron chi connectivity index (χ2n) is 6.56. The number of aliphatic hydroxyl groups is 1. The first kappa shape index (κ1) is 16.4. The first-order chi connectivity index (χ1) is 11.2. The summed E-state index contributed by atoms with van der Waals surface area (Å²) in [7, 11) is 0. The molecule has 0 aliphatic carbocycles. The van der Waals surface area contributed by atoms with Gasteiger partial charge in [-0.05, 0) is 24.5 Å². The van der Waals surface area contributed by atoms with Crippen molar-refractivity contribution in [3.63, 3.8) is 0 Å². The number of piperazine rings is 1. The van der Waals surface area contributed by atoms with Gasteiger partial charge >= 0.3 is 0 Å². The second-order valence-corrected chi connectivity index (χ2v) is 6.56. The minimum atomic E-state index is -0.232. The third-order valence-electron chi connectivity index (χ3n) is 4.95. The molecule has 2 heterocycles. The van der Waals surface area contributed by atoms with Crippen LogP contribution in [0, 0.1) is 0 Å². The molecule has 2 aliphatic rings. The van der Waals surface area contributed by atoms with Crippen molar-refractivity contribution >= 4 is 11.6 Å². The smallest absolute Gasteiger partial charge is 0.241 e. The molecule has 5 nitrogen and oxygen atoms in total. The van der Waals surface area contributed by atoms with Crippen LogP contribution in [-0.4, -0.2) is 72.7 Å². The molecule has 1 amide bonds. The van der Waals surface area contributed by atoms with Crippen LogP contribution in [0.2, 0.25) is 0 Å². The van der Waals surface area contributed by atoms with Gasteiger partial charge in [-0.2, -0.15) is 0 Å². The number of para-hydroxylation sites is 1. The van der Waals surface area contributed by atoms with Crippen LogP contribution < -0.4 is 4.90 Å². The summed E-state index contributed by atoms with van der Waals surface area (Å²) in [6.45, 7) is 7.72. The van der Waals surface area contributed by atoms with Crippen molar-refractivity contribution in [1.29, 1.82) is 0 Å². The lowest BCUT2D eigenvalue weighted by Gasteiger charge is -2.35. The van der Waals surface area contributed by atoms with Crippen molar-refractivity contribution in [3.05, 3.63) is 29.8 Å². The fourth-order valence-electron chi connectivity index (χ4n) is 3.43. The predicted octanol–water partition coefficient (Wildman–Crippen LogP) is 0.964. The van der Waals surface area contributed by atoms with Gasteiger partial charge in [0.1, 0.15) is 0 Å². The highest BCUT2D eigenvalue weighted by atomic mass is 16.3. The standard InChI is InChI=1S/C18H27N3O2/c1-2-16(22)13-19-9-11-20(12-10-19)14-18(23)21-8-7-15-5-3-4-6-17(15)21/h3-6,16,22H,2,7-14H2,1H3. The number of carbonyl (C=O) groups excluding carboxylic acids is 1. The monoisotopic (exact) mass is 317 g/mol. The number of carbonyl (C=O) groups is 1. The van der Waals surface area contributed by atoms with Crippen molar-refractivity contribution in [2.45, 2.75) is 25.9 Å². The number of hydrogen-bond donors (Lipinski definition) is 1. The lowest BCUT2D eigenvalue weighted by Crippen LogP contribution is -2.51. The van der Waals surface area contributed by atoms with Crippen molar-refractivity contribution in [2.24, 2.45) is 0 Å². The molecule has 1 fully saturated rings. The zero-order chi connectivity index (χ0) is 16.2. The zero-order valence-corrected chi connectivity index (χ0v) is 13.9. The van der Waals surface area contributed by atoms with E-state index in [0.29, 0.717) is 6.54 Å². The third kappa shape index (κ3) is 3.91. The Morgan fingerprint density at radius 3 is 2.57 bits per heavy atom. The Bertz CT molecular complexity index is 541. The fourth-order valence-corrected chi connectivity index (χ4v) is 3.43. The number of fused-ring (bicyclic) bond motifs is 1. The van der Waals surface area contributed by atoms with E-state index in [0.717, 1.165) is 57.8 Å². The highest BCUT2D eigenvalue weighted by Crippen LogP contribution is 2.27. The van der Waals surface area contributed by atoms with Gasteiger partial charge in [0.2, 0.25) is 5.91 Å². The summed E-state index contributed by atoms with van der Waals surface area (Å²) < 4.78 is 0. The molecule has 1 aromatic carbocycles. The Labute approximate surface area is 138 Å². The van der Waals surface area contributed by atoms with E-state index in [9.17, 15) is 9.90 Å². The van der Waals surface area contributed by atoms with Crippen LogP contribution in [0.25, 0.3) is 0 Å². The number of benzene rings is 1. The summed E-state index contributed by atoms with van der Waals surface area (Å²) >= 11 is 0. The Balaban J connectivity index is 1.49. The Morgan fingerprint density at radius 1 is 1.13 bits per heavy atom. The SMILES string of the molecule is CCC(O)CN1CCN(CC(=O)N2CCc3ccccc32)CC1. The van der Waals surface area contributed by atoms with E-state index in [-0.39, 0.29) is 12.0 Å². The zero-order valence-electron chi connectivity index (χ0n) is 13.9. The first-order valence-electron chi connectivity index (χ1n) is 8.68. The number of aliphatic hydroxyl groups excluding tert-OH is 1. The second kappa shape index (κ2) is 7.43.